The molecule has 0 aliphatic rings. The number of fused-ring (bicyclic) bond motifs is 1. The molecule has 0 radical (unpaired) electrons. The van der Waals surface area contributed by atoms with Crippen molar-refractivity contribution in [2.75, 3.05) is 13.2 Å². The highest BCUT2D eigenvalue weighted by atomic mass is 127. The topological polar surface area (TPSA) is 85.4 Å². The second kappa shape index (κ2) is 7.24. The molecular formula is C15H12F3IN2O3. The summed E-state index contributed by atoms with van der Waals surface area (Å²) in [5, 5.41) is 9.17. The largest absolute Gasteiger partial charge is 0.490 e. The summed E-state index contributed by atoms with van der Waals surface area (Å²) in [5.74, 6) is -1.88. The highest BCUT2D eigenvalue weighted by Crippen LogP contribution is 2.30. The number of ether oxygens (including phenoxy) is 2. The third-order valence-electron chi connectivity index (χ3n) is 3.04. The van der Waals surface area contributed by atoms with E-state index in [0.717, 1.165) is 14.3 Å². The van der Waals surface area contributed by atoms with E-state index in [-0.39, 0.29) is 12.4 Å². The van der Waals surface area contributed by atoms with E-state index < -0.39 is 18.8 Å². The zero-order chi connectivity index (χ0) is 17.9. The van der Waals surface area contributed by atoms with E-state index in [4.69, 9.17) is 15.9 Å². The van der Waals surface area contributed by atoms with Crippen molar-refractivity contribution in [3.05, 3.63) is 39.5 Å². The zero-order valence-corrected chi connectivity index (χ0v) is 14.3. The summed E-state index contributed by atoms with van der Waals surface area (Å²) in [6, 6.07) is 8.71. The molecule has 0 amide bonds. The van der Waals surface area contributed by atoms with Crippen LogP contribution in [0.1, 0.15) is 5.56 Å². The molecule has 2 aromatic rings. The quantitative estimate of drug-likeness (QED) is 0.240. The molecule has 128 valence electrons. The maximum Gasteiger partial charge on any atom is 0.490 e. The molecule has 0 bridgehead atoms. The van der Waals surface area contributed by atoms with Gasteiger partial charge in [0.25, 0.3) is 0 Å². The van der Waals surface area contributed by atoms with Crippen LogP contribution < -0.4 is 10.5 Å². The molecule has 9 heteroatoms. The predicted octanol–water partition coefficient (Wildman–Crippen LogP) is 3.21. The molecule has 0 aliphatic carbocycles. The fourth-order valence-electron chi connectivity index (χ4n) is 1.91. The van der Waals surface area contributed by atoms with Crippen LogP contribution in [0.4, 0.5) is 13.2 Å². The highest BCUT2D eigenvalue weighted by molar-refractivity contribution is 14.1. The predicted molar refractivity (Wildman–Crippen MR) is 90.2 cm³/mol. The van der Waals surface area contributed by atoms with Crippen molar-refractivity contribution in [2.45, 2.75) is 6.18 Å². The molecule has 0 unspecified atom stereocenters. The van der Waals surface area contributed by atoms with Crippen molar-refractivity contribution >= 4 is 45.2 Å². The molecular weight excluding hydrogens is 440 g/mol. The molecule has 0 saturated carbocycles. The summed E-state index contributed by atoms with van der Waals surface area (Å²) in [5.41, 5.74) is 6.02. The molecule has 0 spiro atoms. The number of nitrogens with two attached hydrogens (primary N) is 1. The number of benzene rings is 2. The number of hydrogen-bond acceptors (Lipinski definition) is 4. The lowest BCUT2D eigenvalue weighted by atomic mass is 10.1. The monoisotopic (exact) mass is 452 g/mol. The first-order valence-corrected chi connectivity index (χ1v) is 7.71. The number of alkyl halides is 3. The first-order valence-electron chi connectivity index (χ1n) is 6.63. The minimum absolute atomic E-state index is 0.0712. The van der Waals surface area contributed by atoms with E-state index in [1.807, 2.05) is 28.7 Å². The number of amidine groups is 1. The molecule has 5 nitrogen and oxygen atoms in total. The van der Waals surface area contributed by atoms with Crippen LogP contribution in [0.5, 0.6) is 5.75 Å². The molecule has 0 saturated heterocycles. The van der Waals surface area contributed by atoms with Gasteiger partial charge in [0.2, 0.25) is 0 Å². The Balaban J connectivity index is 2.08. The third-order valence-corrected chi connectivity index (χ3v) is 4.15. The van der Waals surface area contributed by atoms with Gasteiger partial charge in [-0.2, -0.15) is 13.2 Å². The lowest BCUT2D eigenvalue weighted by Gasteiger charge is -2.12. The Morgan fingerprint density at radius 3 is 2.50 bits per heavy atom. The lowest BCUT2D eigenvalue weighted by molar-refractivity contribution is -0.200. The van der Waals surface area contributed by atoms with E-state index >= 15 is 0 Å². The molecule has 0 heterocycles. The number of hydrogen-bond donors (Lipinski definition) is 2. The Hall–Kier alpha value is -2.04. The van der Waals surface area contributed by atoms with Crippen LogP contribution in [0.25, 0.3) is 10.8 Å². The average Bonchev–Trinajstić information content (AvgIpc) is 2.51. The van der Waals surface area contributed by atoms with Crippen LogP contribution in [0.3, 0.4) is 0 Å². The van der Waals surface area contributed by atoms with Crippen LogP contribution in [0, 0.1) is 8.98 Å². The Labute approximate surface area is 148 Å². The smallest absolute Gasteiger partial charge is 0.489 e. The highest BCUT2D eigenvalue weighted by Gasteiger charge is 2.40. The van der Waals surface area contributed by atoms with Gasteiger partial charge in [0.05, 0.1) is 3.57 Å². The number of carbonyl (C=O) groups excluding carboxylic acids is 1. The number of rotatable bonds is 5. The van der Waals surface area contributed by atoms with Crippen molar-refractivity contribution in [1.82, 2.24) is 0 Å². The first-order chi connectivity index (χ1) is 11.2. The number of carbonyl (C=O) groups is 1. The van der Waals surface area contributed by atoms with Gasteiger partial charge in [0, 0.05) is 5.56 Å². The Morgan fingerprint density at radius 1 is 1.21 bits per heavy atom. The van der Waals surface area contributed by atoms with E-state index in [1.54, 1.807) is 24.3 Å². The maximum atomic E-state index is 12.0. The summed E-state index contributed by atoms with van der Waals surface area (Å²) in [4.78, 5) is 10.6. The van der Waals surface area contributed by atoms with Gasteiger partial charge < -0.3 is 15.2 Å². The van der Waals surface area contributed by atoms with Crippen LogP contribution in [0.2, 0.25) is 0 Å². The molecule has 2 aromatic carbocycles. The molecule has 2 rings (SSSR count). The van der Waals surface area contributed by atoms with Crippen LogP contribution in [-0.2, 0) is 9.53 Å². The van der Waals surface area contributed by atoms with Gasteiger partial charge in [-0.05, 0) is 45.5 Å². The van der Waals surface area contributed by atoms with Gasteiger partial charge in [-0.15, -0.1) is 0 Å². The van der Waals surface area contributed by atoms with Crippen molar-refractivity contribution in [1.29, 1.82) is 5.41 Å². The van der Waals surface area contributed by atoms with E-state index in [1.165, 1.54) is 0 Å². The molecule has 0 aromatic heterocycles. The lowest BCUT2D eigenvalue weighted by Crippen LogP contribution is -2.27. The average molecular weight is 452 g/mol. The molecule has 3 N–H and O–H groups in total. The summed E-state index contributed by atoms with van der Waals surface area (Å²) >= 11 is 2.03. The third kappa shape index (κ3) is 4.28. The van der Waals surface area contributed by atoms with Crippen molar-refractivity contribution in [3.8, 4) is 5.75 Å². The Bertz CT molecular complexity index is 793. The van der Waals surface area contributed by atoms with Gasteiger partial charge in [-0.1, -0.05) is 18.2 Å². The summed E-state index contributed by atoms with van der Waals surface area (Å²) in [6.45, 7) is -0.727. The van der Waals surface area contributed by atoms with Crippen molar-refractivity contribution < 1.29 is 27.4 Å². The van der Waals surface area contributed by atoms with Crippen molar-refractivity contribution in [3.63, 3.8) is 0 Å². The van der Waals surface area contributed by atoms with Crippen LogP contribution in [0.15, 0.2) is 30.3 Å². The molecule has 0 fully saturated rings. The summed E-state index contributed by atoms with van der Waals surface area (Å²) < 4.78 is 46.2. The van der Waals surface area contributed by atoms with Gasteiger partial charge in [0.15, 0.2) is 0 Å². The Morgan fingerprint density at radius 2 is 1.88 bits per heavy atom. The zero-order valence-electron chi connectivity index (χ0n) is 12.1. The van der Waals surface area contributed by atoms with Crippen LogP contribution in [-0.4, -0.2) is 31.2 Å². The number of halogens is 4. The van der Waals surface area contributed by atoms with Gasteiger partial charge in [-0.3, -0.25) is 5.41 Å². The normalized spacial score (nSPS) is 11.3. The minimum atomic E-state index is -5.01. The van der Waals surface area contributed by atoms with Crippen molar-refractivity contribution in [2.24, 2.45) is 5.73 Å². The molecule has 0 atom stereocenters. The Kier molecular flexibility index (Phi) is 5.52. The van der Waals surface area contributed by atoms with Gasteiger partial charge >= 0.3 is 12.1 Å². The van der Waals surface area contributed by atoms with Gasteiger partial charge in [-0.25, -0.2) is 4.79 Å². The van der Waals surface area contributed by atoms with Crippen LogP contribution >= 0.6 is 22.6 Å². The molecule has 24 heavy (non-hydrogen) atoms. The fraction of sp³-hybridized carbons (Fsp3) is 0.200. The summed E-state index contributed by atoms with van der Waals surface area (Å²) in [6.07, 6.45) is -5.01. The second-order valence-corrected chi connectivity index (χ2v) is 5.79. The standard InChI is InChI=1S/C15H12F3IN2O3/c16-15(17,18)14(22)24-6-5-23-11-4-3-8-1-2-9(13(20)21)7-10(8)12(11)19/h1-4,7H,5-6H2,(H3,20,21). The minimum Gasteiger partial charge on any atom is -0.489 e. The molecule has 0 aliphatic heterocycles. The van der Waals surface area contributed by atoms with E-state index in [2.05, 4.69) is 4.74 Å². The second-order valence-electron chi connectivity index (χ2n) is 4.71. The van der Waals surface area contributed by atoms with E-state index in [9.17, 15) is 18.0 Å². The fourth-order valence-corrected chi connectivity index (χ4v) is 2.71. The SMILES string of the molecule is N=C(N)c1ccc2ccc(OCCOC(=O)C(F)(F)F)c(I)c2c1. The summed E-state index contributed by atoms with van der Waals surface area (Å²) in [7, 11) is 0. The number of nitrogen functional groups attached to an aromatic ring is 1. The van der Waals surface area contributed by atoms with Gasteiger partial charge in [0.1, 0.15) is 24.8 Å². The van der Waals surface area contributed by atoms with E-state index in [0.29, 0.717) is 11.3 Å². The number of esters is 1. The number of nitrogens with one attached hydrogen (secondary N) is 1. The first kappa shape index (κ1) is 18.3. The maximum absolute atomic E-state index is 12.0.